The largest absolute Gasteiger partial charge is 0.324 e. The van der Waals surface area contributed by atoms with Crippen LogP contribution in [0.2, 0.25) is 0 Å². The van der Waals surface area contributed by atoms with Crippen LogP contribution in [0.3, 0.4) is 0 Å². The van der Waals surface area contributed by atoms with E-state index in [1.54, 1.807) is 24.3 Å². The summed E-state index contributed by atoms with van der Waals surface area (Å²) in [6.07, 6.45) is 0. The number of hydrogen-bond donors (Lipinski definition) is 1. The van der Waals surface area contributed by atoms with E-state index in [0.717, 1.165) is 0 Å². The van der Waals surface area contributed by atoms with Crippen molar-refractivity contribution in [1.82, 2.24) is 0 Å². The molecule has 13 heavy (non-hydrogen) atoms. The first kappa shape index (κ1) is 8.68. The van der Waals surface area contributed by atoms with Crippen LogP contribution in [0.25, 0.3) is 0 Å². The molecule has 0 aliphatic carbocycles. The van der Waals surface area contributed by atoms with E-state index in [9.17, 15) is 9.59 Å². The minimum absolute atomic E-state index is 0.111. The summed E-state index contributed by atoms with van der Waals surface area (Å²) >= 11 is 1.84. The molecule has 0 spiro atoms. The molecule has 3 nitrogen and oxygen atoms in total. The third-order valence-corrected chi connectivity index (χ3v) is 3.04. The molecule has 1 N–H and O–H groups in total. The smallest absolute Gasteiger partial charge is 0.245 e. The van der Waals surface area contributed by atoms with Crippen molar-refractivity contribution in [3.8, 4) is 0 Å². The van der Waals surface area contributed by atoms with E-state index < -0.39 is 3.92 Å². The summed E-state index contributed by atoms with van der Waals surface area (Å²) in [5, 5.41) is 2.67. The molecule has 1 aromatic rings. The molecule has 1 unspecified atom stereocenters. The number of nitrogens with one attached hydrogen (secondary N) is 1. The molecule has 0 saturated carbocycles. The van der Waals surface area contributed by atoms with Gasteiger partial charge in [-0.25, -0.2) is 0 Å². The van der Waals surface area contributed by atoms with Gasteiger partial charge in [-0.1, -0.05) is 34.7 Å². The quantitative estimate of drug-likeness (QED) is 0.448. The number of alkyl halides is 1. The van der Waals surface area contributed by atoms with E-state index in [4.69, 9.17) is 0 Å². The molecule has 1 aliphatic heterocycles. The average Bonchev–Trinajstić information content (AvgIpc) is 2.15. The maximum Gasteiger partial charge on any atom is 0.245 e. The fraction of sp³-hybridized carbons (Fsp3) is 0.111. The number of benzene rings is 1. The number of Topliss-reactive ketones (excluding diaryl/α,β-unsaturated/α-hetero) is 1. The van der Waals surface area contributed by atoms with Crippen LogP contribution in [0.1, 0.15) is 10.4 Å². The van der Waals surface area contributed by atoms with Crippen LogP contribution >= 0.6 is 22.6 Å². The molecule has 2 rings (SSSR count). The number of amides is 1. The van der Waals surface area contributed by atoms with E-state index in [1.807, 2.05) is 22.6 Å². The Morgan fingerprint density at radius 1 is 1.23 bits per heavy atom. The second-order valence-corrected chi connectivity index (χ2v) is 4.01. The highest BCUT2D eigenvalue weighted by Gasteiger charge is 2.31. The van der Waals surface area contributed by atoms with Crippen molar-refractivity contribution in [3.63, 3.8) is 0 Å². The standard InChI is InChI=1S/C9H6INO2/c10-7-8(12)5-3-1-2-4-6(5)11-9(7)13/h1-4,7H,(H,11,13). The molecular weight excluding hydrogens is 281 g/mol. The Hall–Kier alpha value is -0.910. The lowest BCUT2D eigenvalue weighted by atomic mass is 10.0. The highest BCUT2D eigenvalue weighted by molar-refractivity contribution is 14.1. The fourth-order valence-corrected chi connectivity index (χ4v) is 1.75. The molecule has 1 amide bonds. The predicted octanol–water partition coefficient (Wildman–Crippen LogP) is 1.62. The lowest BCUT2D eigenvalue weighted by Gasteiger charge is -2.18. The maximum absolute atomic E-state index is 11.6. The van der Waals surface area contributed by atoms with Crippen molar-refractivity contribution in [2.24, 2.45) is 0 Å². The van der Waals surface area contributed by atoms with Gasteiger partial charge in [-0.2, -0.15) is 0 Å². The first-order valence-corrected chi connectivity index (χ1v) is 5.03. The number of carbonyl (C=O) groups excluding carboxylic acids is 2. The molecule has 1 aromatic carbocycles. The van der Waals surface area contributed by atoms with Crippen molar-refractivity contribution in [2.45, 2.75) is 3.92 Å². The molecule has 0 radical (unpaired) electrons. The van der Waals surface area contributed by atoms with Crippen molar-refractivity contribution in [3.05, 3.63) is 29.8 Å². The average molecular weight is 287 g/mol. The van der Waals surface area contributed by atoms with E-state index in [0.29, 0.717) is 11.3 Å². The minimum atomic E-state index is -0.590. The Bertz CT molecular complexity index is 389. The van der Waals surface area contributed by atoms with Gasteiger partial charge in [-0.3, -0.25) is 9.59 Å². The predicted molar refractivity (Wildman–Crippen MR) is 57.2 cm³/mol. The Morgan fingerprint density at radius 3 is 2.69 bits per heavy atom. The normalized spacial score (nSPS) is 20.8. The number of ketones is 1. The summed E-state index contributed by atoms with van der Waals surface area (Å²) in [5.74, 6) is -0.343. The van der Waals surface area contributed by atoms with Crippen LogP contribution in [0.5, 0.6) is 0 Å². The van der Waals surface area contributed by atoms with Gasteiger partial charge in [0.15, 0.2) is 9.71 Å². The van der Waals surface area contributed by atoms with E-state index >= 15 is 0 Å². The number of hydrogen-bond acceptors (Lipinski definition) is 2. The van der Waals surface area contributed by atoms with Crippen LogP contribution < -0.4 is 5.32 Å². The van der Waals surface area contributed by atoms with Gasteiger partial charge in [0.05, 0.1) is 5.69 Å². The minimum Gasteiger partial charge on any atom is -0.324 e. The molecule has 0 bridgehead atoms. The molecule has 0 saturated heterocycles. The molecule has 66 valence electrons. The summed E-state index contributed by atoms with van der Waals surface area (Å²) < 4.78 is -0.590. The maximum atomic E-state index is 11.6. The van der Waals surface area contributed by atoms with Gasteiger partial charge >= 0.3 is 0 Å². The van der Waals surface area contributed by atoms with Crippen molar-refractivity contribution < 1.29 is 9.59 Å². The number of para-hydroxylation sites is 1. The van der Waals surface area contributed by atoms with Crippen molar-refractivity contribution in [2.75, 3.05) is 5.32 Å². The molecule has 1 atom stereocenters. The van der Waals surface area contributed by atoms with Gasteiger partial charge in [-0.05, 0) is 12.1 Å². The molecular formula is C9H6INO2. The summed E-state index contributed by atoms with van der Waals surface area (Å²) in [5.41, 5.74) is 1.21. The van der Waals surface area contributed by atoms with Gasteiger partial charge in [0.25, 0.3) is 0 Å². The first-order chi connectivity index (χ1) is 6.20. The molecule has 1 aliphatic rings. The summed E-state index contributed by atoms with van der Waals surface area (Å²) in [6.45, 7) is 0. The van der Waals surface area contributed by atoms with E-state index in [2.05, 4.69) is 5.32 Å². The Morgan fingerprint density at radius 2 is 1.92 bits per heavy atom. The zero-order valence-corrected chi connectivity index (χ0v) is 8.74. The van der Waals surface area contributed by atoms with Crippen molar-refractivity contribution >= 4 is 40.0 Å². The van der Waals surface area contributed by atoms with Crippen LogP contribution in [-0.4, -0.2) is 15.6 Å². The lowest BCUT2D eigenvalue weighted by Crippen LogP contribution is -2.35. The second-order valence-electron chi connectivity index (χ2n) is 2.76. The number of rotatable bonds is 0. The Labute approximate surface area is 88.7 Å². The zero-order valence-electron chi connectivity index (χ0n) is 6.58. The van der Waals surface area contributed by atoms with Gasteiger partial charge in [0.2, 0.25) is 5.91 Å². The third-order valence-electron chi connectivity index (χ3n) is 1.91. The SMILES string of the molecule is O=C1Nc2ccccc2C(=O)C1I. The summed E-state index contributed by atoms with van der Waals surface area (Å²) in [6, 6.07) is 7.04. The van der Waals surface area contributed by atoms with Crippen LogP contribution in [0.15, 0.2) is 24.3 Å². The lowest BCUT2D eigenvalue weighted by molar-refractivity contribution is -0.114. The van der Waals surface area contributed by atoms with Crippen LogP contribution in [0.4, 0.5) is 5.69 Å². The number of carbonyl (C=O) groups is 2. The summed E-state index contributed by atoms with van der Waals surface area (Å²) in [4.78, 5) is 22.8. The van der Waals surface area contributed by atoms with E-state index in [1.165, 1.54) is 0 Å². The van der Waals surface area contributed by atoms with E-state index in [-0.39, 0.29) is 11.7 Å². The molecule has 1 heterocycles. The number of fused-ring (bicyclic) bond motifs is 1. The Kier molecular flexibility index (Phi) is 2.07. The van der Waals surface area contributed by atoms with Gasteiger partial charge in [0.1, 0.15) is 0 Å². The Balaban J connectivity index is 2.55. The number of halogens is 1. The number of anilines is 1. The van der Waals surface area contributed by atoms with Crippen LogP contribution in [-0.2, 0) is 4.79 Å². The zero-order chi connectivity index (χ0) is 9.42. The first-order valence-electron chi connectivity index (χ1n) is 3.78. The van der Waals surface area contributed by atoms with Gasteiger partial charge in [0, 0.05) is 5.56 Å². The van der Waals surface area contributed by atoms with Crippen molar-refractivity contribution in [1.29, 1.82) is 0 Å². The monoisotopic (exact) mass is 287 g/mol. The van der Waals surface area contributed by atoms with Gasteiger partial charge < -0.3 is 5.32 Å². The molecule has 0 aromatic heterocycles. The third kappa shape index (κ3) is 1.35. The summed E-state index contributed by atoms with van der Waals surface area (Å²) in [7, 11) is 0. The fourth-order valence-electron chi connectivity index (χ4n) is 1.26. The van der Waals surface area contributed by atoms with Gasteiger partial charge in [-0.15, -0.1) is 0 Å². The molecule has 0 fully saturated rings. The van der Waals surface area contributed by atoms with Crippen LogP contribution in [0, 0.1) is 0 Å². The highest BCUT2D eigenvalue weighted by Crippen LogP contribution is 2.25. The highest BCUT2D eigenvalue weighted by atomic mass is 127. The molecule has 4 heteroatoms. The second kappa shape index (κ2) is 3.10. The topological polar surface area (TPSA) is 46.2 Å².